The van der Waals surface area contributed by atoms with Gasteiger partial charge in [0.2, 0.25) is 0 Å². The van der Waals surface area contributed by atoms with Crippen LogP contribution in [0.5, 0.6) is 0 Å². The van der Waals surface area contributed by atoms with Gasteiger partial charge in [-0.15, -0.1) is 0 Å². The molecule has 0 aliphatic carbocycles. The minimum Gasteiger partial charge on any atom is -0.468 e. The van der Waals surface area contributed by atoms with Crippen LogP contribution in [0.1, 0.15) is 5.76 Å². The molecular weight excluding hydrogens is 185 g/mol. The Morgan fingerprint density at radius 2 is 2.00 bits per heavy atom. The molecule has 2 nitrogen and oxygen atoms in total. The standard InChI is InChI=1S/C8H7F3O2/c9-8(10,11)7(4-12-5-7)6-2-1-3-13-6/h1-3H,4-5H2. The fourth-order valence-corrected chi connectivity index (χ4v) is 1.30. The monoisotopic (exact) mass is 192 g/mol. The summed E-state index contributed by atoms with van der Waals surface area (Å²) in [6.07, 6.45) is -3.07. The fourth-order valence-electron chi connectivity index (χ4n) is 1.30. The van der Waals surface area contributed by atoms with Crippen molar-refractivity contribution in [2.45, 2.75) is 11.6 Å². The van der Waals surface area contributed by atoms with Crippen molar-refractivity contribution in [1.82, 2.24) is 0 Å². The first kappa shape index (κ1) is 8.62. The molecule has 1 fully saturated rings. The summed E-state index contributed by atoms with van der Waals surface area (Å²) in [5, 5.41) is 0. The average Bonchev–Trinajstić information content (AvgIpc) is 2.32. The molecule has 72 valence electrons. The smallest absolute Gasteiger partial charge is 0.405 e. The van der Waals surface area contributed by atoms with E-state index in [9.17, 15) is 13.2 Å². The van der Waals surface area contributed by atoms with E-state index in [1.54, 1.807) is 0 Å². The summed E-state index contributed by atoms with van der Waals surface area (Å²) in [6.45, 7) is -0.686. The molecule has 0 aromatic carbocycles. The minimum absolute atomic E-state index is 0.0637. The van der Waals surface area contributed by atoms with Crippen LogP contribution in [-0.2, 0) is 10.2 Å². The van der Waals surface area contributed by atoms with Crippen molar-refractivity contribution in [2.75, 3.05) is 13.2 Å². The van der Waals surface area contributed by atoms with Crippen molar-refractivity contribution >= 4 is 0 Å². The van der Waals surface area contributed by atoms with Crippen LogP contribution in [0.2, 0.25) is 0 Å². The van der Waals surface area contributed by atoms with E-state index in [0.717, 1.165) is 0 Å². The van der Waals surface area contributed by atoms with Gasteiger partial charge >= 0.3 is 6.18 Å². The van der Waals surface area contributed by atoms with Gasteiger partial charge in [0.15, 0.2) is 5.41 Å². The van der Waals surface area contributed by atoms with Crippen LogP contribution in [0.3, 0.4) is 0 Å². The van der Waals surface area contributed by atoms with Gasteiger partial charge in [-0.25, -0.2) is 0 Å². The first-order valence-electron chi connectivity index (χ1n) is 3.75. The largest absolute Gasteiger partial charge is 0.468 e. The number of rotatable bonds is 1. The van der Waals surface area contributed by atoms with Gasteiger partial charge in [-0.05, 0) is 12.1 Å². The third-order valence-corrected chi connectivity index (χ3v) is 2.23. The molecule has 0 amide bonds. The maximum absolute atomic E-state index is 12.6. The van der Waals surface area contributed by atoms with E-state index in [-0.39, 0.29) is 19.0 Å². The van der Waals surface area contributed by atoms with Crippen molar-refractivity contribution in [2.24, 2.45) is 0 Å². The lowest BCUT2D eigenvalue weighted by atomic mass is 9.82. The van der Waals surface area contributed by atoms with Gasteiger partial charge in [0, 0.05) is 0 Å². The highest BCUT2D eigenvalue weighted by atomic mass is 19.4. The maximum atomic E-state index is 12.6. The summed E-state index contributed by atoms with van der Waals surface area (Å²) in [5.41, 5.74) is -1.91. The van der Waals surface area contributed by atoms with E-state index in [2.05, 4.69) is 4.74 Å². The molecule has 0 saturated carbocycles. The lowest BCUT2D eigenvalue weighted by molar-refractivity contribution is -0.267. The molecule has 0 unspecified atom stereocenters. The Hall–Kier alpha value is -0.970. The number of ether oxygens (including phenoxy) is 1. The van der Waals surface area contributed by atoms with E-state index >= 15 is 0 Å². The Kier molecular flexibility index (Phi) is 1.66. The Labute approximate surface area is 72.3 Å². The highest BCUT2D eigenvalue weighted by molar-refractivity contribution is 5.20. The maximum Gasteiger partial charge on any atom is 0.405 e. The molecule has 1 aliphatic heterocycles. The van der Waals surface area contributed by atoms with Crippen LogP contribution in [0.15, 0.2) is 22.8 Å². The Morgan fingerprint density at radius 3 is 2.31 bits per heavy atom. The van der Waals surface area contributed by atoms with E-state index < -0.39 is 11.6 Å². The summed E-state index contributed by atoms with van der Waals surface area (Å²) in [5.74, 6) is -0.0637. The Balaban J connectivity index is 2.37. The predicted octanol–water partition coefficient (Wildman–Crippen LogP) is 2.11. The molecule has 0 bridgehead atoms. The molecule has 2 rings (SSSR count). The van der Waals surface area contributed by atoms with Gasteiger partial charge < -0.3 is 9.15 Å². The van der Waals surface area contributed by atoms with Crippen LogP contribution in [-0.4, -0.2) is 19.4 Å². The van der Waals surface area contributed by atoms with Gasteiger partial charge in [-0.3, -0.25) is 0 Å². The summed E-state index contributed by atoms with van der Waals surface area (Å²) in [7, 11) is 0. The molecule has 1 aromatic rings. The fraction of sp³-hybridized carbons (Fsp3) is 0.500. The molecule has 1 aromatic heterocycles. The molecule has 5 heteroatoms. The third kappa shape index (κ3) is 1.07. The lowest BCUT2D eigenvalue weighted by Gasteiger charge is -2.40. The molecule has 0 radical (unpaired) electrons. The lowest BCUT2D eigenvalue weighted by Crippen LogP contribution is -2.57. The number of halogens is 3. The average molecular weight is 192 g/mol. The molecule has 1 aliphatic rings. The van der Waals surface area contributed by atoms with Gasteiger partial charge in [0.25, 0.3) is 0 Å². The summed E-state index contributed by atoms with van der Waals surface area (Å²) in [4.78, 5) is 0. The second kappa shape index (κ2) is 2.51. The third-order valence-electron chi connectivity index (χ3n) is 2.23. The number of hydrogen-bond acceptors (Lipinski definition) is 2. The van der Waals surface area contributed by atoms with Crippen molar-refractivity contribution in [1.29, 1.82) is 0 Å². The first-order chi connectivity index (χ1) is 6.06. The molecule has 0 N–H and O–H groups in total. The first-order valence-corrected chi connectivity index (χ1v) is 3.75. The number of hydrogen-bond donors (Lipinski definition) is 0. The molecule has 0 atom stereocenters. The number of alkyl halides is 3. The summed E-state index contributed by atoms with van der Waals surface area (Å²) >= 11 is 0. The Bertz CT molecular complexity index is 285. The molecule has 2 heterocycles. The second-order valence-corrected chi connectivity index (χ2v) is 3.05. The molecular formula is C8H7F3O2. The minimum atomic E-state index is -4.30. The normalized spacial score (nSPS) is 21.2. The van der Waals surface area contributed by atoms with Crippen LogP contribution < -0.4 is 0 Å². The van der Waals surface area contributed by atoms with E-state index in [4.69, 9.17) is 4.42 Å². The van der Waals surface area contributed by atoms with Crippen LogP contribution >= 0.6 is 0 Å². The van der Waals surface area contributed by atoms with Crippen molar-refractivity contribution < 1.29 is 22.3 Å². The summed E-state index contributed by atoms with van der Waals surface area (Å²) < 4.78 is 47.1. The Morgan fingerprint density at radius 1 is 1.31 bits per heavy atom. The quantitative estimate of drug-likeness (QED) is 0.679. The van der Waals surface area contributed by atoms with Gasteiger partial charge in [-0.1, -0.05) is 0 Å². The van der Waals surface area contributed by atoms with Crippen molar-refractivity contribution in [3.8, 4) is 0 Å². The zero-order valence-electron chi connectivity index (χ0n) is 6.60. The highest BCUT2D eigenvalue weighted by Crippen LogP contribution is 2.46. The SMILES string of the molecule is FC(F)(F)C1(c2ccco2)COC1. The van der Waals surface area contributed by atoms with E-state index in [1.165, 1.54) is 18.4 Å². The molecule has 13 heavy (non-hydrogen) atoms. The van der Waals surface area contributed by atoms with Crippen molar-refractivity contribution in [3.63, 3.8) is 0 Å². The van der Waals surface area contributed by atoms with Gasteiger partial charge in [0.05, 0.1) is 19.5 Å². The van der Waals surface area contributed by atoms with Gasteiger partial charge in [-0.2, -0.15) is 13.2 Å². The van der Waals surface area contributed by atoms with Crippen molar-refractivity contribution in [3.05, 3.63) is 24.2 Å². The van der Waals surface area contributed by atoms with Crippen LogP contribution in [0, 0.1) is 0 Å². The second-order valence-electron chi connectivity index (χ2n) is 3.05. The van der Waals surface area contributed by atoms with Gasteiger partial charge in [0.1, 0.15) is 5.76 Å². The molecule has 0 spiro atoms. The number of furan rings is 1. The van der Waals surface area contributed by atoms with Crippen LogP contribution in [0.4, 0.5) is 13.2 Å². The zero-order valence-corrected chi connectivity index (χ0v) is 6.60. The zero-order chi connectivity index (χ0) is 9.53. The van der Waals surface area contributed by atoms with E-state index in [1.807, 2.05) is 0 Å². The predicted molar refractivity (Wildman–Crippen MR) is 37.3 cm³/mol. The highest BCUT2D eigenvalue weighted by Gasteiger charge is 2.63. The summed E-state index contributed by atoms with van der Waals surface area (Å²) in [6, 6.07) is 2.77. The molecule has 1 saturated heterocycles. The topological polar surface area (TPSA) is 22.4 Å². The van der Waals surface area contributed by atoms with Crippen LogP contribution in [0.25, 0.3) is 0 Å². The van der Waals surface area contributed by atoms with E-state index in [0.29, 0.717) is 0 Å².